The minimum atomic E-state index is -4.23. The molecule has 1 rings (SSSR count). The number of nitrogens with one attached hydrogen (secondary N) is 1. The van der Waals surface area contributed by atoms with E-state index in [4.69, 9.17) is 17.3 Å². The summed E-state index contributed by atoms with van der Waals surface area (Å²) < 4.78 is 53.1. The second-order valence-electron chi connectivity index (χ2n) is 4.14. The van der Waals surface area contributed by atoms with Crippen LogP contribution in [0.3, 0.4) is 0 Å². The van der Waals surface area contributed by atoms with Crippen molar-refractivity contribution in [3.05, 3.63) is 23.2 Å². The number of anilines is 2. The molecule has 118 valence electrons. The Morgan fingerprint density at radius 3 is 2.71 bits per heavy atom. The fourth-order valence-corrected chi connectivity index (χ4v) is 1.46. The van der Waals surface area contributed by atoms with Crippen LogP contribution in [0.4, 0.5) is 28.9 Å². The van der Waals surface area contributed by atoms with Crippen LogP contribution in [0.1, 0.15) is 6.42 Å². The minimum Gasteiger partial charge on any atom is -0.397 e. The van der Waals surface area contributed by atoms with Crippen LogP contribution in [0.25, 0.3) is 0 Å². The normalized spacial score (nSPS) is 11.7. The molecule has 21 heavy (non-hydrogen) atoms. The highest BCUT2D eigenvalue weighted by Gasteiger charge is 2.40. The van der Waals surface area contributed by atoms with Crippen molar-refractivity contribution in [2.24, 2.45) is 0 Å². The number of benzene rings is 1. The highest BCUT2D eigenvalue weighted by molar-refractivity contribution is 6.31. The van der Waals surface area contributed by atoms with Crippen LogP contribution in [0, 0.1) is 0 Å². The summed E-state index contributed by atoms with van der Waals surface area (Å²) in [6.45, 7) is -1.87. The van der Waals surface area contributed by atoms with Crippen molar-refractivity contribution in [3.63, 3.8) is 0 Å². The number of rotatable bonds is 7. The summed E-state index contributed by atoms with van der Waals surface area (Å²) in [5.74, 6) is -4.79. The summed E-state index contributed by atoms with van der Waals surface area (Å²) in [4.78, 5) is 11.5. The molecule has 0 saturated heterocycles. The zero-order valence-corrected chi connectivity index (χ0v) is 11.5. The van der Waals surface area contributed by atoms with Crippen molar-refractivity contribution in [1.29, 1.82) is 0 Å². The molecule has 1 amide bonds. The molecule has 0 aliphatic carbocycles. The molecule has 1 aromatic rings. The maximum atomic E-state index is 12.5. The lowest BCUT2D eigenvalue weighted by Crippen LogP contribution is -2.32. The monoisotopic (exact) mass is 328 g/mol. The Bertz CT molecular complexity index is 500. The Balaban J connectivity index is 2.37. The van der Waals surface area contributed by atoms with Crippen molar-refractivity contribution >= 4 is 28.9 Å². The van der Waals surface area contributed by atoms with Crippen molar-refractivity contribution in [2.75, 3.05) is 24.3 Å². The van der Waals surface area contributed by atoms with Gasteiger partial charge in [-0.25, -0.2) is 8.78 Å². The summed E-state index contributed by atoms with van der Waals surface area (Å²) in [7, 11) is 0. The van der Waals surface area contributed by atoms with Gasteiger partial charge in [0.15, 0.2) is 0 Å². The molecule has 1 aromatic carbocycles. The topological polar surface area (TPSA) is 64.3 Å². The molecule has 0 aliphatic heterocycles. The molecule has 0 unspecified atom stereocenters. The van der Waals surface area contributed by atoms with Crippen LogP contribution in [-0.2, 0) is 9.53 Å². The highest BCUT2D eigenvalue weighted by Crippen LogP contribution is 2.24. The molecule has 0 heterocycles. The maximum absolute atomic E-state index is 12.5. The smallest absolute Gasteiger partial charge is 0.330 e. The Morgan fingerprint density at radius 2 is 2.10 bits per heavy atom. The average molecular weight is 329 g/mol. The molecule has 0 aliphatic rings. The second kappa shape index (κ2) is 7.46. The van der Waals surface area contributed by atoms with Crippen LogP contribution >= 0.6 is 11.6 Å². The number of nitrogen functional groups attached to an aromatic ring is 1. The van der Waals surface area contributed by atoms with Crippen molar-refractivity contribution in [1.82, 2.24) is 0 Å². The summed E-state index contributed by atoms with van der Waals surface area (Å²) >= 11 is 5.72. The molecule has 0 atom stereocenters. The van der Waals surface area contributed by atoms with Gasteiger partial charge in [0, 0.05) is 5.02 Å². The molecule has 0 bridgehead atoms. The third kappa shape index (κ3) is 5.76. The number of hydrogen-bond donors (Lipinski definition) is 2. The number of carbonyl (C=O) groups excluding carboxylic acids is 1. The molecule has 0 fully saturated rings. The lowest BCUT2D eigenvalue weighted by atomic mass is 10.2. The Labute approximate surface area is 123 Å². The first-order chi connectivity index (χ1) is 9.72. The Hall–Kier alpha value is -1.54. The van der Waals surface area contributed by atoms with Crippen molar-refractivity contribution in [3.8, 4) is 0 Å². The average Bonchev–Trinajstić information content (AvgIpc) is 2.39. The van der Waals surface area contributed by atoms with E-state index in [-0.39, 0.29) is 17.8 Å². The van der Waals surface area contributed by atoms with Gasteiger partial charge in [0.05, 0.1) is 24.4 Å². The van der Waals surface area contributed by atoms with Gasteiger partial charge in [0.2, 0.25) is 5.91 Å². The van der Waals surface area contributed by atoms with Gasteiger partial charge in [-0.3, -0.25) is 4.79 Å². The molecular formula is C12H13ClF4N2O2. The Kier molecular flexibility index (Phi) is 6.22. The van der Waals surface area contributed by atoms with E-state index in [0.29, 0.717) is 5.02 Å². The molecule has 0 aromatic heterocycles. The van der Waals surface area contributed by atoms with E-state index in [0.717, 1.165) is 0 Å². The van der Waals surface area contributed by atoms with Gasteiger partial charge >= 0.3 is 12.3 Å². The van der Waals surface area contributed by atoms with E-state index in [1.54, 1.807) is 0 Å². The number of amides is 1. The van der Waals surface area contributed by atoms with Crippen LogP contribution in [0.2, 0.25) is 5.02 Å². The van der Waals surface area contributed by atoms with Crippen molar-refractivity contribution in [2.45, 2.75) is 18.8 Å². The predicted molar refractivity (Wildman–Crippen MR) is 70.9 cm³/mol. The van der Waals surface area contributed by atoms with Gasteiger partial charge in [-0.2, -0.15) is 8.78 Å². The number of carbonyl (C=O) groups is 1. The Morgan fingerprint density at radius 1 is 1.43 bits per heavy atom. The standard InChI is InChI=1S/C12H13ClF4N2O2/c13-7-1-2-8(18)9(5-7)19-10(20)3-4-21-6-12(16,17)11(14)15/h1-2,5,11H,3-4,6,18H2,(H,19,20). The lowest BCUT2D eigenvalue weighted by Gasteiger charge is -2.15. The molecule has 0 radical (unpaired) electrons. The first-order valence-corrected chi connectivity index (χ1v) is 6.19. The van der Waals surface area contributed by atoms with E-state index in [1.807, 2.05) is 0 Å². The summed E-state index contributed by atoms with van der Waals surface area (Å²) in [6.07, 6.45) is -4.09. The largest absolute Gasteiger partial charge is 0.397 e. The zero-order valence-electron chi connectivity index (χ0n) is 10.7. The number of halogens is 5. The van der Waals surface area contributed by atoms with E-state index < -0.39 is 31.5 Å². The van der Waals surface area contributed by atoms with E-state index in [1.165, 1.54) is 18.2 Å². The van der Waals surface area contributed by atoms with Gasteiger partial charge in [-0.15, -0.1) is 0 Å². The third-order valence-corrected chi connectivity index (χ3v) is 2.61. The lowest BCUT2D eigenvalue weighted by molar-refractivity contribution is -0.166. The quantitative estimate of drug-likeness (QED) is 0.459. The van der Waals surface area contributed by atoms with Crippen molar-refractivity contribution < 1.29 is 27.1 Å². The van der Waals surface area contributed by atoms with Gasteiger partial charge in [0.25, 0.3) is 0 Å². The van der Waals surface area contributed by atoms with Crippen LogP contribution in [0.15, 0.2) is 18.2 Å². The van der Waals surface area contributed by atoms with E-state index in [2.05, 4.69) is 10.1 Å². The molecule has 0 spiro atoms. The van der Waals surface area contributed by atoms with Gasteiger partial charge in [-0.1, -0.05) is 11.6 Å². The third-order valence-electron chi connectivity index (χ3n) is 2.38. The number of nitrogens with two attached hydrogens (primary N) is 1. The number of hydrogen-bond acceptors (Lipinski definition) is 3. The molecular weight excluding hydrogens is 316 g/mol. The SMILES string of the molecule is Nc1ccc(Cl)cc1NC(=O)CCOCC(F)(F)C(F)F. The summed E-state index contributed by atoms with van der Waals surface area (Å²) in [5, 5.41) is 2.76. The van der Waals surface area contributed by atoms with E-state index >= 15 is 0 Å². The molecule has 9 heteroatoms. The predicted octanol–water partition coefficient (Wildman–Crippen LogP) is 3.17. The van der Waals surface area contributed by atoms with Gasteiger partial charge < -0.3 is 15.8 Å². The second-order valence-corrected chi connectivity index (χ2v) is 4.58. The maximum Gasteiger partial charge on any atom is 0.330 e. The summed E-state index contributed by atoms with van der Waals surface area (Å²) in [5.41, 5.74) is 6.14. The van der Waals surface area contributed by atoms with Crippen LogP contribution in [0.5, 0.6) is 0 Å². The van der Waals surface area contributed by atoms with E-state index in [9.17, 15) is 22.4 Å². The van der Waals surface area contributed by atoms with Crippen LogP contribution in [-0.4, -0.2) is 31.5 Å². The highest BCUT2D eigenvalue weighted by atomic mass is 35.5. The molecule has 4 nitrogen and oxygen atoms in total. The fraction of sp³-hybridized carbons (Fsp3) is 0.417. The number of ether oxygens (including phenoxy) is 1. The first-order valence-electron chi connectivity index (χ1n) is 5.81. The molecule has 3 N–H and O–H groups in total. The molecule has 0 saturated carbocycles. The zero-order chi connectivity index (χ0) is 16.0. The minimum absolute atomic E-state index is 0.269. The van der Waals surface area contributed by atoms with Gasteiger partial charge in [0.1, 0.15) is 6.61 Å². The van der Waals surface area contributed by atoms with Crippen LogP contribution < -0.4 is 11.1 Å². The fourth-order valence-electron chi connectivity index (χ4n) is 1.29. The summed E-state index contributed by atoms with van der Waals surface area (Å²) in [6, 6.07) is 4.43. The first kappa shape index (κ1) is 17.5. The van der Waals surface area contributed by atoms with Gasteiger partial charge in [-0.05, 0) is 18.2 Å². The number of alkyl halides is 4.